The first kappa shape index (κ1) is 15.9. The number of ketones is 2. The molecule has 6 nitrogen and oxygen atoms in total. The van der Waals surface area contributed by atoms with E-state index in [0.717, 1.165) is 0 Å². The lowest BCUT2D eigenvalue weighted by atomic mass is 9.88. The van der Waals surface area contributed by atoms with Crippen molar-refractivity contribution >= 4 is 22.3 Å². The number of benzene rings is 2. The van der Waals surface area contributed by atoms with Crippen molar-refractivity contribution in [2.75, 3.05) is 28.4 Å². The Morgan fingerprint density at radius 2 is 1.54 bits per heavy atom. The average Bonchev–Trinajstić information content (AvgIpc) is 2.62. The molecular weight excluding hydrogens is 312 g/mol. The number of hydrogen-bond donors (Lipinski definition) is 0. The van der Waals surface area contributed by atoms with Crippen LogP contribution in [0.4, 0.5) is 0 Å². The minimum absolute atomic E-state index is 0.0103. The number of Topliss-reactive ketones (excluding diaryl/α,β-unsaturated/α-hetero) is 1. The number of allylic oxidation sites excluding steroid dienone is 2. The second-order valence-corrected chi connectivity index (χ2v) is 5.13. The first-order valence-corrected chi connectivity index (χ1v) is 7.17. The van der Waals surface area contributed by atoms with Gasteiger partial charge in [-0.2, -0.15) is 0 Å². The van der Waals surface area contributed by atoms with E-state index in [0.29, 0.717) is 33.6 Å². The lowest BCUT2D eigenvalue weighted by Crippen LogP contribution is -2.18. The summed E-state index contributed by atoms with van der Waals surface area (Å²) >= 11 is 0. The topological polar surface area (TPSA) is 71.1 Å². The molecule has 2 aromatic carbocycles. The summed E-state index contributed by atoms with van der Waals surface area (Å²) in [5.74, 6) is 0.592. The van der Waals surface area contributed by atoms with Crippen LogP contribution < -0.4 is 14.2 Å². The summed E-state index contributed by atoms with van der Waals surface area (Å²) in [5, 5.41) is 1.11. The molecule has 0 fully saturated rings. The molecule has 2 aromatic rings. The third-order valence-electron chi connectivity index (χ3n) is 4.03. The van der Waals surface area contributed by atoms with Gasteiger partial charge in [-0.1, -0.05) is 0 Å². The minimum atomic E-state index is -0.383. The van der Waals surface area contributed by atoms with Gasteiger partial charge in [0.25, 0.3) is 0 Å². The van der Waals surface area contributed by atoms with Crippen LogP contribution in [-0.4, -0.2) is 40.0 Å². The highest BCUT2D eigenvalue weighted by atomic mass is 16.5. The lowest BCUT2D eigenvalue weighted by molar-refractivity contribution is 0.0918. The molecule has 0 unspecified atom stereocenters. The van der Waals surface area contributed by atoms with E-state index in [9.17, 15) is 9.59 Å². The maximum Gasteiger partial charge on any atom is 0.229 e. The summed E-state index contributed by atoms with van der Waals surface area (Å²) in [4.78, 5) is 25.1. The van der Waals surface area contributed by atoms with E-state index in [1.807, 2.05) is 0 Å². The molecular formula is C18H16O6. The molecule has 124 valence electrons. The van der Waals surface area contributed by atoms with Crippen LogP contribution in [0.2, 0.25) is 0 Å². The van der Waals surface area contributed by atoms with Crippen molar-refractivity contribution in [2.45, 2.75) is 0 Å². The molecule has 6 heteroatoms. The highest BCUT2D eigenvalue weighted by Gasteiger charge is 2.31. The summed E-state index contributed by atoms with van der Waals surface area (Å²) in [5.41, 5.74) is 0.521. The molecule has 0 amide bonds. The second kappa shape index (κ2) is 5.88. The molecule has 0 N–H and O–H groups in total. The fraction of sp³-hybridized carbons (Fsp3) is 0.222. The molecule has 0 saturated carbocycles. The van der Waals surface area contributed by atoms with Crippen LogP contribution in [0.1, 0.15) is 20.7 Å². The first-order chi connectivity index (χ1) is 11.6. The average molecular weight is 328 g/mol. The molecule has 0 bridgehead atoms. The zero-order valence-corrected chi connectivity index (χ0v) is 13.8. The highest BCUT2D eigenvalue weighted by Crippen LogP contribution is 2.45. The van der Waals surface area contributed by atoms with Crippen LogP contribution in [0, 0.1) is 0 Å². The van der Waals surface area contributed by atoms with Crippen molar-refractivity contribution < 1.29 is 28.5 Å². The predicted molar refractivity (Wildman–Crippen MR) is 87.4 cm³/mol. The van der Waals surface area contributed by atoms with E-state index in [1.165, 1.54) is 34.5 Å². The molecule has 0 radical (unpaired) electrons. The Morgan fingerprint density at radius 1 is 0.833 bits per heavy atom. The maximum atomic E-state index is 12.8. The van der Waals surface area contributed by atoms with Crippen molar-refractivity contribution in [1.29, 1.82) is 0 Å². The summed E-state index contributed by atoms with van der Waals surface area (Å²) in [6, 6.07) is 5.01. The molecule has 0 atom stereocenters. The van der Waals surface area contributed by atoms with Crippen molar-refractivity contribution in [3.63, 3.8) is 0 Å². The van der Waals surface area contributed by atoms with E-state index >= 15 is 0 Å². The molecule has 3 rings (SSSR count). The Bertz CT molecular complexity index is 894. The van der Waals surface area contributed by atoms with Gasteiger partial charge in [0.2, 0.25) is 5.78 Å². The Kier molecular flexibility index (Phi) is 3.89. The number of ether oxygens (including phenoxy) is 4. The molecule has 1 aliphatic carbocycles. The molecule has 0 heterocycles. The smallest absolute Gasteiger partial charge is 0.229 e. The third kappa shape index (κ3) is 2.11. The van der Waals surface area contributed by atoms with Gasteiger partial charge in [0.1, 0.15) is 5.75 Å². The van der Waals surface area contributed by atoms with Gasteiger partial charge >= 0.3 is 0 Å². The fourth-order valence-electron chi connectivity index (χ4n) is 2.93. The molecule has 0 saturated heterocycles. The van der Waals surface area contributed by atoms with Gasteiger partial charge in [-0.25, -0.2) is 0 Å². The van der Waals surface area contributed by atoms with Crippen molar-refractivity contribution in [1.82, 2.24) is 0 Å². The summed E-state index contributed by atoms with van der Waals surface area (Å²) in [6.07, 6.45) is 1.19. The Morgan fingerprint density at radius 3 is 2.12 bits per heavy atom. The highest BCUT2D eigenvalue weighted by molar-refractivity contribution is 6.29. The van der Waals surface area contributed by atoms with E-state index < -0.39 is 0 Å². The van der Waals surface area contributed by atoms with Gasteiger partial charge in [-0.3, -0.25) is 9.59 Å². The van der Waals surface area contributed by atoms with Gasteiger partial charge in [-0.05, 0) is 12.1 Å². The SMILES string of the molecule is COC1=CC(=O)c2ccc3c(OC)cc(OC)c(OC)c3c2C1=O. The van der Waals surface area contributed by atoms with Gasteiger partial charge in [0.15, 0.2) is 23.0 Å². The van der Waals surface area contributed by atoms with Crippen LogP contribution >= 0.6 is 0 Å². The second-order valence-electron chi connectivity index (χ2n) is 5.13. The number of rotatable bonds is 4. The molecule has 0 spiro atoms. The molecule has 1 aliphatic rings. The third-order valence-corrected chi connectivity index (χ3v) is 4.03. The lowest BCUT2D eigenvalue weighted by Gasteiger charge is -2.20. The van der Waals surface area contributed by atoms with Crippen LogP contribution in [0.25, 0.3) is 10.8 Å². The van der Waals surface area contributed by atoms with E-state index in [-0.39, 0.29) is 22.9 Å². The van der Waals surface area contributed by atoms with Gasteiger partial charge < -0.3 is 18.9 Å². The summed E-state index contributed by atoms with van der Waals surface area (Å²) in [7, 11) is 5.84. The Balaban J connectivity index is 2.50. The monoisotopic (exact) mass is 328 g/mol. The largest absolute Gasteiger partial charge is 0.496 e. The van der Waals surface area contributed by atoms with E-state index in [1.54, 1.807) is 18.2 Å². The number of carbonyl (C=O) groups excluding carboxylic acids is 2. The zero-order chi connectivity index (χ0) is 17.4. The molecule has 24 heavy (non-hydrogen) atoms. The first-order valence-electron chi connectivity index (χ1n) is 7.17. The van der Waals surface area contributed by atoms with Gasteiger partial charge in [0.05, 0.1) is 28.4 Å². The number of methoxy groups -OCH3 is 4. The van der Waals surface area contributed by atoms with Crippen LogP contribution in [0.15, 0.2) is 30.0 Å². The molecule has 0 aliphatic heterocycles. The normalized spacial score (nSPS) is 13.4. The fourth-order valence-corrected chi connectivity index (χ4v) is 2.93. The maximum absolute atomic E-state index is 12.8. The quantitative estimate of drug-likeness (QED) is 0.859. The van der Waals surface area contributed by atoms with E-state index in [4.69, 9.17) is 18.9 Å². The van der Waals surface area contributed by atoms with E-state index in [2.05, 4.69) is 0 Å². The molecule has 0 aromatic heterocycles. The van der Waals surface area contributed by atoms with Crippen molar-refractivity contribution in [2.24, 2.45) is 0 Å². The van der Waals surface area contributed by atoms with Crippen molar-refractivity contribution in [3.8, 4) is 17.2 Å². The standard InChI is InChI=1S/C18H16O6/c1-21-12-8-14(23-3)18(24-4)16-10(12)6-5-9-11(19)7-13(22-2)17(20)15(9)16/h5-8H,1-4H3. The number of hydrogen-bond acceptors (Lipinski definition) is 6. The van der Waals surface area contributed by atoms with Crippen LogP contribution in [-0.2, 0) is 4.74 Å². The van der Waals surface area contributed by atoms with Gasteiger partial charge in [-0.15, -0.1) is 0 Å². The number of carbonyl (C=O) groups is 2. The Labute approximate surface area is 138 Å². The zero-order valence-electron chi connectivity index (χ0n) is 13.8. The predicted octanol–water partition coefficient (Wildman–Crippen LogP) is 2.77. The summed E-state index contributed by atoms with van der Waals surface area (Å²) in [6.45, 7) is 0. The Hall–Kier alpha value is -3.02. The van der Waals surface area contributed by atoms with Gasteiger partial charge in [0, 0.05) is 34.0 Å². The summed E-state index contributed by atoms with van der Waals surface area (Å²) < 4.78 is 21.3. The van der Waals surface area contributed by atoms with Crippen LogP contribution in [0.3, 0.4) is 0 Å². The number of fused-ring (bicyclic) bond motifs is 3. The minimum Gasteiger partial charge on any atom is -0.496 e. The van der Waals surface area contributed by atoms with Crippen LogP contribution in [0.5, 0.6) is 17.2 Å². The van der Waals surface area contributed by atoms with Crippen molar-refractivity contribution in [3.05, 3.63) is 41.2 Å².